The molecule has 1 aromatic carbocycles. The van der Waals surface area contributed by atoms with Gasteiger partial charge in [-0.05, 0) is 38.1 Å². The van der Waals surface area contributed by atoms with Crippen LogP contribution in [0.1, 0.15) is 23.2 Å². The van der Waals surface area contributed by atoms with E-state index in [9.17, 15) is 13.2 Å². The molecule has 0 saturated carbocycles. The zero-order chi connectivity index (χ0) is 17.0. The predicted molar refractivity (Wildman–Crippen MR) is 85.2 cm³/mol. The smallest absolute Gasteiger partial charge is 0.341 e. The molecule has 1 fully saturated rings. The molecule has 1 atom stereocenters. The molecule has 0 spiro atoms. The number of benzene rings is 1. The number of nitrogens with zero attached hydrogens (tertiary/aromatic N) is 1. The third kappa shape index (κ3) is 3.49. The number of rotatable bonds is 6. The maximum atomic E-state index is 12.9. The van der Waals surface area contributed by atoms with Crippen LogP contribution in [0.15, 0.2) is 23.1 Å². The lowest BCUT2D eigenvalue weighted by molar-refractivity contribution is 0.0597. The molecule has 7 nitrogen and oxygen atoms in total. The average molecular weight is 342 g/mol. The quantitative estimate of drug-likeness (QED) is 0.772. The maximum Gasteiger partial charge on any atom is 0.341 e. The van der Waals surface area contributed by atoms with Crippen molar-refractivity contribution in [1.29, 1.82) is 0 Å². The van der Waals surface area contributed by atoms with Crippen LogP contribution in [0.4, 0.5) is 0 Å². The van der Waals surface area contributed by atoms with Gasteiger partial charge in [0.15, 0.2) is 0 Å². The Labute approximate surface area is 136 Å². The van der Waals surface area contributed by atoms with Gasteiger partial charge >= 0.3 is 5.97 Å². The summed E-state index contributed by atoms with van der Waals surface area (Å²) in [6, 6.07) is 4.17. The van der Waals surface area contributed by atoms with E-state index in [1.807, 2.05) is 0 Å². The van der Waals surface area contributed by atoms with Crippen LogP contribution in [0, 0.1) is 0 Å². The number of methoxy groups -OCH3 is 2. The first-order valence-corrected chi connectivity index (χ1v) is 8.82. The van der Waals surface area contributed by atoms with Gasteiger partial charge in [0.1, 0.15) is 11.3 Å². The second-order valence-electron chi connectivity index (χ2n) is 5.32. The zero-order valence-corrected chi connectivity index (χ0v) is 14.4. The van der Waals surface area contributed by atoms with Gasteiger partial charge in [0.05, 0.1) is 19.1 Å². The Morgan fingerprint density at radius 2 is 2.13 bits per heavy atom. The molecule has 1 unspecified atom stereocenters. The molecule has 1 aliphatic rings. The van der Waals surface area contributed by atoms with E-state index in [0.29, 0.717) is 13.1 Å². The Bertz CT molecular complexity index is 674. The van der Waals surface area contributed by atoms with Crippen molar-refractivity contribution in [3.63, 3.8) is 0 Å². The van der Waals surface area contributed by atoms with Crippen LogP contribution >= 0.6 is 0 Å². The Morgan fingerprint density at radius 3 is 2.74 bits per heavy atom. The molecule has 0 bridgehead atoms. The largest absolute Gasteiger partial charge is 0.496 e. The standard InChI is InChI=1S/C15H22N2O5S/c1-16-10-11-5-4-8-17(11)23(19,20)12-6-7-14(21-2)13(9-12)15(18)22-3/h6-7,9,11,16H,4-5,8,10H2,1-3H3. The van der Waals surface area contributed by atoms with Crippen molar-refractivity contribution in [2.75, 3.05) is 34.4 Å². The Balaban J connectivity index is 2.42. The Kier molecular flexibility index (Phi) is 5.61. The van der Waals surface area contributed by atoms with Crippen LogP contribution in [-0.4, -0.2) is 59.1 Å². The van der Waals surface area contributed by atoms with E-state index in [0.717, 1.165) is 12.8 Å². The molecule has 1 saturated heterocycles. The van der Waals surface area contributed by atoms with Gasteiger partial charge in [-0.1, -0.05) is 0 Å². The van der Waals surface area contributed by atoms with Crippen LogP contribution in [0.25, 0.3) is 0 Å². The monoisotopic (exact) mass is 342 g/mol. The second-order valence-corrected chi connectivity index (χ2v) is 7.21. The number of esters is 1. The van der Waals surface area contributed by atoms with E-state index in [1.165, 1.54) is 36.7 Å². The number of ether oxygens (including phenoxy) is 2. The number of nitrogens with one attached hydrogen (secondary N) is 1. The molecule has 2 rings (SSSR count). The molecule has 23 heavy (non-hydrogen) atoms. The number of hydrogen-bond acceptors (Lipinski definition) is 6. The highest BCUT2D eigenvalue weighted by Crippen LogP contribution is 2.29. The lowest BCUT2D eigenvalue weighted by atomic mass is 10.2. The van der Waals surface area contributed by atoms with Crippen molar-refractivity contribution in [2.24, 2.45) is 0 Å². The van der Waals surface area contributed by atoms with Crippen molar-refractivity contribution in [3.05, 3.63) is 23.8 Å². The van der Waals surface area contributed by atoms with Crippen LogP contribution in [0.3, 0.4) is 0 Å². The van der Waals surface area contributed by atoms with Gasteiger partial charge in [-0.15, -0.1) is 0 Å². The average Bonchev–Trinajstić information content (AvgIpc) is 3.03. The number of carbonyl (C=O) groups excluding carboxylic acids is 1. The Morgan fingerprint density at radius 1 is 1.39 bits per heavy atom. The van der Waals surface area contributed by atoms with E-state index in [2.05, 4.69) is 5.32 Å². The predicted octanol–water partition coefficient (Wildman–Crippen LogP) is 0.854. The van der Waals surface area contributed by atoms with Gasteiger partial charge < -0.3 is 14.8 Å². The van der Waals surface area contributed by atoms with Crippen molar-refractivity contribution >= 4 is 16.0 Å². The van der Waals surface area contributed by atoms with Crippen molar-refractivity contribution in [3.8, 4) is 5.75 Å². The van der Waals surface area contributed by atoms with Gasteiger partial charge in [0, 0.05) is 19.1 Å². The number of hydrogen-bond donors (Lipinski definition) is 1. The molecule has 0 amide bonds. The fraction of sp³-hybridized carbons (Fsp3) is 0.533. The van der Waals surface area contributed by atoms with Crippen LogP contribution < -0.4 is 10.1 Å². The summed E-state index contributed by atoms with van der Waals surface area (Å²) in [4.78, 5) is 11.9. The molecule has 1 heterocycles. The summed E-state index contributed by atoms with van der Waals surface area (Å²) in [5, 5.41) is 3.02. The number of carbonyl (C=O) groups is 1. The van der Waals surface area contributed by atoms with Crippen LogP contribution in [0.5, 0.6) is 5.75 Å². The number of likely N-dealkylation sites (N-methyl/N-ethyl adjacent to an activating group) is 1. The molecule has 0 aliphatic carbocycles. The molecule has 1 aliphatic heterocycles. The highest BCUT2D eigenvalue weighted by atomic mass is 32.2. The highest BCUT2D eigenvalue weighted by molar-refractivity contribution is 7.89. The van der Waals surface area contributed by atoms with E-state index >= 15 is 0 Å². The first-order valence-electron chi connectivity index (χ1n) is 7.38. The van der Waals surface area contributed by atoms with E-state index in [4.69, 9.17) is 9.47 Å². The topological polar surface area (TPSA) is 84.9 Å². The van der Waals surface area contributed by atoms with Crippen molar-refractivity contribution in [2.45, 2.75) is 23.8 Å². The van der Waals surface area contributed by atoms with Crippen LogP contribution in [0.2, 0.25) is 0 Å². The third-order valence-electron chi connectivity index (χ3n) is 3.95. The zero-order valence-electron chi connectivity index (χ0n) is 13.5. The minimum atomic E-state index is -3.67. The fourth-order valence-electron chi connectivity index (χ4n) is 2.82. The summed E-state index contributed by atoms with van der Waals surface area (Å²) >= 11 is 0. The highest BCUT2D eigenvalue weighted by Gasteiger charge is 2.35. The third-order valence-corrected chi connectivity index (χ3v) is 5.89. The van der Waals surface area contributed by atoms with Gasteiger partial charge in [-0.25, -0.2) is 13.2 Å². The summed E-state index contributed by atoms with van der Waals surface area (Å²) in [6.45, 7) is 1.08. The van der Waals surface area contributed by atoms with E-state index < -0.39 is 16.0 Å². The van der Waals surface area contributed by atoms with Gasteiger partial charge in [-0.2, -0.15) is 4.31 Å². The summed E-state index contributed by atoms with van der Waals surface area (Å²) in [5.41, 5.74) is 0.0976. The van der Waals surface area contributed by atoms with Crippen molar-refractivity contribution in [1.82, 2.24) is 9.62 Å². The lowest BCUT2D eigenvalue weighted by Gasteiger charge is -2.24. The molecule has 128 valence electrons. The fourth-order valence-corrected chi connectivity index (χ4v) is 4.54. The molecular formula is C15H22N2O5S. The van der Waals surface area contributed by atoms with Gasteiger partial charge in [-0.3, -0.25) is 0 Å². The SMILES string of the molecule is CNCC1CCCN1S(=O)(=O)c1ccc(OC)c(C(=O)OC)c1. The summed E-state index contributed by atoms with van der Waals surface area (Å²) in [6.07, 6.45) is 1.64. The molecule has 1 aromatic rings. The van der Waals surface area contributed by atoms with E-state index in [-0.39, 0.29) is 22.3 Å². The molecule has 0 radical (unpaired) electrons. The summed E-state index contributed by atoms with van der Waals surface area (Å²) in [5.74, 6) is -0.351. The lowest BCUT2D eigenvalue weighted by Crippen LogP contribution is -2.40. The Hall–Kier alpha value is -1.64. The maximum absolute atomic E-state index is 12.9. The summed E-state index contributed by atoms with van der Waals surface area (Å²) < 4.78 is 37.1. The second kappa shape index (κ2) is 7.29. The van der Waals surface area contributed by atoms with Crippen LogP contribution in [-0.2, 0) is 14.8 Å². The number of sulfonamides is 1. The van der Waals surface area contributed by atoms with Gasteiger partial charge in [0.25, 0.3) is 0 Å². The first kappa shape index (κ1) is 17.7. The summed E-state index contributed by atoms with van der Waals surface area (Å²) in [7, 11) is 0.787. The normalized spacial score (nSPS) is 18.8. The molecular weight excluding hydrogens is 320 g/mol. The first-order chi connectivity index (χ1) is 11.0. The van der Waals surface area contributed by atoms with Gasteiger partial charge in [0.2, 0.25) is 10.0 Å². The molecule has 0 aromatic heterocycles. The van der Waals surface area contributed by atoms with Crippen molar-refractivity contribution < 1.29 is 22.7 Å². The molecule has 1 N–H and O–H groups in total. The molecule has 8 heteroatoms. The minimum absolute atomic E-state index is 0.0710. The minimum Gasteiger partial charge on any atom is -0.496 e. The van der Waals surface area contributed by atoms with E-state index in [1.54, 1.807) is 7.05 Å².